The summed E-state index contributed by atoms with van der Waals surface area (Å²) < 4.78 is 1.90. The molecule has 0 aliphatic rings. The lowest BCUT2D eigenvalue weighted by Crippen LogP contribution is -1.98. The van der Waals surface area contributed by atoms with E-state index < -0.39 is 0 Å². The van der Waals surface area contributed by atoms with Crippen LogP contribution >= 0.6 is 0 Å². The maximum absolute atomic E-state index is 8.71. The van der Waals surface area contributed by atoms with Gasteiger partial charge in [0.1, 0.15) is 0 Å². The number of nitrogens with zero attached hydrogens (tertiary/aromatic N) is 2. The van der Waals surface area contributed by atoms with Gasteiger partial charge in [-0.25, -0.2) is 0 Å². The highest BCUT2D eigenvalue weighted by atomic mass is 16.2. The summed E-state index contributed by atoms with van der Waals surface area (Å²) in [5.41, 5.74) is 8.62. The molecule has 0 fully saturated rings. The fourth-order valence-corrected chi connectivity index (χ4v) is 1.70. The predicted molar refractivity (Wildman–Crippen MR) is 68.4 cm³/mol. The van der Waals surface area contributed by atoms with Gasteiger partial charge in [-0.15, -0.1) is 0 Å². The van der Waals surface area contributed by atoms with Crippen LogP contribution in [0, 0.1) is 0 Å². The third-order valence-corrected chi connectivity index (χ3v) is 2.67. The first-order valence-corrected chi connectivity index (χ1v) is 5.79. The zero-order chi connectivity index (χ0) is 12.1. The normalized spacial score (nSPS) is 10.6. The summed E-state index contributed by atoms with van der Waals surface area (Å²) in [6.07, 6.45) is 5.63. The Balaban J connectivity index is 2.04. The highest BCUT2D eigenvalue weighted by Gasteiger charge is 2.01. The summed E-state index contributed by atoms with van der Waals surface area (Å²) in [6.45, 7) is 1.08. The zero-order valence-electron chi connectivity index (χ0n) is 9.71. The van der Waals surface area contributed by atoms with Crippen LogP contribution in [0.2, 0.25) is 0 Å². The van der Waals surface area contributed by atoms with Crippen LogP contribution in [-0.4, -0.2) is 21.5 Å². The molecule has 0 saturated carbocycles. The van der Waals surface area contributed by atoms with Crippen molar-refractivity contribution in [3.05, 3.63) is 36.7 Å². The minimum Gasteiger partial charge on any atom is -0.399 e. The molecule has 0 atom stereocenters. The van der Waals surface area contributed by atoms with Gasteiger partial charge in [-0.1, -0.05) is 12.1 Å². The molecular weight excluding hydrogens is 214 g/mol. The van der Waals surface area contributed by atoms with E-state index in [0.717, 1.165) is 36.2 Å². The van der Waals surface area contributed by atoms with E-state index in [4.69, 9.17) is 10.8 Å². The first kappa shape index (κ1) is 11.7. The van der Waals surface area contributed by atoms with Crippen LogP contribution in [0.1, 0.15) is 12.8 Å². The summed E-state index contributed by atoms with van der Waals surface area (Å²) in [5, 5.41) is 13.0. The Hall–Kier alpha value is -1.81. The van der Waals surface area contributed by atoms with Crippen LogP contribution < -0.4 is 5.73 Å². The van der Waals surface area contributed by atoms with Crippen molar-refractivity contribution in [3.63, 3.8) is 0 Å². The third kappa shape index (κ3) is 3.07. The number of nitrogen functional groups attached to an aromatic ring is 1. The van der Waals surface area contributed by atoms with Crippen LogP contribution in [0.5, 0.6) is 0 Å². The van der Waals surface area contributed by atoms with Crippen LogP contribution in [0.4, 0.5) is 5.69 Å². The third-order valence-electron chi connectivity index (χ3n) is 2.67. The highest BCUT2D eigenvalue weighted by molar-refractivity contribution is 5.63. The molecule has 0 bridgehead atoms. The number of hydrogen-bond acceptors (Lipinski definition) is 3. The Kier molecular flexibility index (Phi) is 3.77. The Bertz CT molecular complexity index is 462. The molecule has 3 N–H and O–H groups in total. The number of aliphatic hydroxyl groups is 1. The van der Waals surface area contributed by atoms with E-state index in [1.807, 2.05) is 41.3 Å². The van der Waals surface area contributed by atoms with Crippen LogP contribution in [0.3, 0.4) is 0 Å². The molecule has 17 heavy (non-hydrogen) atoms. The zero-order valence-corrected chi connectivity index (χ0v) is 9.71. The summed E-state index contributed by atoms with van der Waals surface area (Å²) in [4.78, 5) is 0. The van der Waals surface area contributed by atoms with E-state index in [-0.39, 0.29) is 6.61 Å². The lowest BCUT2D eigenvalue weighted by atomic mass is 10.1. The van der Waals surface area contributed by atoms with E-state index in [9.17, 15) is 0 Å². The number of anilines is 1. The van der Waals surface area contributed by atoms with E-state index in [0.29, 0.717) is 0 Å². The number of aryl methyl sites for hydroxylation is 1. The average molecular weight is 231 g/mol. The van der Waals surface area contributed by atoms with E-state index in [2.05, 4.69) is 5.10 Å². The van der Waals surface area contributed by atoms with E-state index in [1.165, 1.54) is 0 Å². The first-order valence-electron chi connectivity index (χ1n) is 5.79. The fraction of sp³-hybridized carbons (Fsp3) is 0.308. The summed E-state index contributed by atoms with van der Waals surface area (Å²) in [6, 6.07) is 7.76. The highest BCUT2D eigenvalue weighted by Crippen LogP contribution is 2.19. The van der Waals surface area contributed by atoms with E-state index in [1.54, 1.807) is 0 Å². The Morgan fingerprint density at radius 3 is 2.59 bits per heavy atom. The van der Waals surface area contributed by atoms with Gasteiger partial charge in [0, 0.05) is 30.6 Å². The van der Waals surface area contributed by atoms with Crippen molar-refractivity contribution in [1.29, 1.82) is 0 Å². The molecule has 1 heterocycles. The number of unbranched alkanes of at least 4 members (excludes halogenated alkanes) is 1. The minimum atomic E-state index is 0.242. The second-order valence-corrected chi connectivity index (χ2v) is 4.04. The number of benzene rings is 1. The van der Waals surface area contributed by atoms with Crippen molar-refractivity contribution >= 4 is 5.69 Å². The molecule has 2 aromatic rings. The molecule has 90 valence electrons. The van der Waals surface area contributed by atoms with Gasteiger partial charge in [-0.3, -0.25) is 4.68 Å². The van der Waals surface area contributed by atoms with Crippen LogP contribution in [0.15, 0.2) is 36.7 Å². The average Bonchev–Trinajstić information content (AvgIpc) is 2.79. The SMILES string of the molecule is Nc1ccc(-c2cnn(CCCCO)c2)cc1. The Morgan fingerprint density at radius 2 is 1.88 bits per heavy atom. The van der Waals surface area contributed by atoms with Crippen molar-refractivity contribution in [2.24, 2.45) is 0 Å². The summed E-state index contributed by atoms with van der Waals surface area (Å²) >= 11 is 0. The molecule has 0 spiro atoms. The van der Waals surface area contributed by atoms with Crippen molar-refractivity contribution in [3.8, 4) is 11.1 Å². The van der Waals surface area contributed by atoms with E-state index >= 15 is 0 Å². The molecular formula is C13H17N3O. The van der Waals surface area contributed by atoms with Gasteiger partial charge in [-0.05, 0) is 30.5 Å². The van der Waals surface area contributed by atoms with Gasteiger partial charge in [0.05, 0.1) is 6.20 Å². The molecule has 0 saturated heterocycles. The predicted octanol–water partition coefficient (Wildman–Crippen LogP) is 1.90. The molecule has 0 amide bonds. The molecule has 1 aromatic heterocycles. The van der Waals surface area contributed by atoms with Crippen molar-refractivity contribution in [1.82, 2.24) is 9.78 Å². The van der Waals surface area contributed by atoms with Crippen LogP contribution in [-0.2, 0) is 6.54 Å². The van der Waals surface area contributed by atoms with Gasteiger partial charge in [0.25, 0.3) is 0 Å². The summed E-state index contributed by atoms with van der Waals surface area (Å²) in [5.74, 6) is 0. The van der Waals surface area contributed by atoms with Crippen molar-refractivity contribution in [2.45, 2.75) is 19.4 Å². The molecule has 4 nitrogen and oxygen atoms in total. The first-order chi connectivity index (χ1) is 8.29. The molecule has 0 unspecified atom stereocenters. The lowest BCUT2D eigenvalue weighted by Gasteiger charge is -1.99. The van der Waals surface area contributed by atoms with Gasteiger partial charge in [0.15, 0.2) is 0 Å². The molecule has 0 aliphatic heterocycles. The molecule has 2 rings (SSSR count). The monoisotopic (exact) mass is 231 g/mol. The van der Waals surface area contributed by atoms with Gasteiger partial charge in [-0.2, -0.15) is 5.10 Å². The number of hydrogen-bond donors (Lipinski definition) is 2. The van der Waals surface area contributed by atoms with Gasteiger partial charge in [0.2, 0.25) is 0 Å². The van der Waals surface area contributed by atoms with Crippen molar-refractivity contribution < 1.29 is 5.11 Å². The quantitative estimate of drug-likeness (QED) is 0.610. The molecule has 0 radical (unpaired) electrons. The Labute approximate surface area is 101 Å². The smallest absolute Gasteiger partial charge is 0.0568 e. The van der Waals surface area contributed by atoms with Gasteiger partial charge < -0.3 is 10.8 Å². The maximum atomic E-state index is 8.71. The largest absolute Gasteiger partial charge is 0.399 e. The Morgan fingerprint density at radius 1 is 1.12 bits per heavy atom. The standard InChI is InChI=1S/C13H17N3O/c14-13-5-3-11(4-6-13)12-9-15-16(10-12)7-1-2-8-17/h3-6,9-10,17H,1-2,7-8,14H2. The van der Waals surface area contributed by atoms with Crippen LogP contribution in [0.25, 0.3) is 11.1 Å². The minimum absolute atomic E-state index is 0.242. The lowest BCUT2D eigenvalue weighted by molar-refractivity contribution is 0.280. The second-order valence-electron chi connectivity index (χ2n) is 4.04. The second kappa shape index (κ2) is 5.50. The number of aliphatic hydroxyl groups excluding tert-OH is 1. The maximum Gasteiger partial charge on any atom is 0.0568 e. The molecule has 0 aliphatic carbocycles. The number of nitrogens with two attached hydrogens (primary N) is 1. The molecule has 1 aromatic carbocycles. The van der Waals surface area contributed by atoms with Crippen molar-refractivity contribution in [2.75, 3.05) is 12.3 Å². The number of aromatic nitrogens is 2. The fourth-order valence-electron chi connectivity index (χ4n) is 1.70. The molecule has 4 heteroatoms. The topological polar surface area (TPSA) is 64.1 Å². The van der Waals surface area contributed by atoms with Gasteiger partial charge >= 0.3 is 0 Å². The number of rotatable bonds is 5. The summed E-state index contributed by atoms with van der Waals surface area (Å²) in [7, 11) is 0.